The second kappa shape index (κ2) is 34.2. The van der Waals surface area contributed by atoms with Gasteiger partial charge in [-0.15, -0.1) is 0 Å². The molecule has 1 saturated heterocycles. The molecule has 0 saturated carbocycles. The molecule has 1 fully saturated rings. The lowest BCUT2D eigenvalue weighted by Crippen LogP contribution is -2.23. The molecule has 0 bridgehead atoms. The van der Waals surface area contributed by atoms with E-state index in [0.717, 1.165) is 25.1 Å². The van der Waals surface area contributed by atoms with Crippen molar-refractivity contribution in [2.45, 2.75) is 45.6 Å². The van der Waals surface area contributed by atoms with Gasteiger partial charge in [0, 0.05) is 49.1 Å². The Morgan fingerprint density at radius 1 is 0.857 bits per heavy atom. The van der Waals surface area contributed by atoms with Gasteiger partial charge in [0.25, 0.3) is 0 Å². The number of rotatable bonds is 16. The van der Waals surface area contributed by atoms with E-state index in [9.17, 15) is 28.8 Å². The number of hydrogen-bond donors (Lipinski definition) is 4. The van der Waals surface area contributed by atoms with Gasteiger partial charge in [-0.05, 0) is 26.5 Å². The van der Waals surface area contributed by atoms with Crippen molar-refractivity contribution in [2.24, 2.45) is 0 Å². The summed E-state index contributed by atoms with van der Waals surface area (Å²) in [5.41, 5.74) is 0.783. The third kappa shape index (κ3) is 35.6. The molecular formula is C34H51NO14. The van der Waals surface area contributed by atoms with Crippen LogP contribution in [0.2, 0.25) is 0 Å². The van der Waals surface area contributed by atoms with Crippen LogP contribution in [0.3, 0.4) is 0 Å². The van der Waals surface area contributed by atoms with Crippen molar-refractivity contribution in [2.75, 3.05) is 46.7 Å². The highest BCUT2D eigenvalue weighted by Crippen LogP contribution is 2.08. The second-order valence-electron chi connectivity index (χ2n) is 9.19. The number of ether oxygens (including phenoxy) is 4. The molecule has 0 aliphatic carbocycles. The molecule has 15 heteroatoms. The Kier molecular flexibility index (Phi) is 35.4. The standard InChI is InChI=1S/C10H12O4.C7H12O4.C6H9NO.C6H10O3.C5H8O2/c1-3-7-13-9(11)5-6-10(12)14-8-4-2;1-5(9)2-3-6(10)7(11)4-8;1-2-7-5-3-4-6(7)8;1-5(2)6(8)9-4-3-7;1-4(2)5(6)7-3/h3-6H,1-2,7-8H2;7-9,11H,1-4H2;2H,1,3-5H2;7H,1,3-4H2,2H3;1H2,2-3H3/b6-5-;;;;. The molecule has 276 valence electrons. The summed E-state index contributed by atoms with van der Waals surface area (Å²) in [5, 5.41) is 33.8. The van der Waals surface area contributed by atoms with E-state index in [1.807, 2.05) is 0 Å². The molecule has 1 heterocycles. The summed E-state index contributed by atoms with van der Waals surface area (Å²) in [6, 6.07) is 0. The summed E-state index contributed by atoms with van der Waals surface area (Å²) in [6.45, 7) is 23.7. The SMILES string of the molecule is C=C(C)C(=O)OC.C=C(C)C(=O)OCCO.C=C(O)CCC(=O)C(O)CO.C=CCOC(=O)/C=C\C(=O)OCC=C.C=CN1CCCC1=O. The summed E-state index contributed by atoms with van der Waals surface area (Å²) in [7, 11) is 1.33. The number of carbonyl (C=O) groups excluding carboxylic acids is 6. The van der Waals surface area contributed by atoms with Gasteiger partial charge in [-0.2, -0.15) is 0 Å². The molecule has 1 amide bonds. The maximum absolute atomic E-state index is 10.8. The van der Waals surface area contributed by atoms with Crippen molar-refractivity contribution >= 4 is 35.6 Å². The van der Waals surface area contributed by atoms with Crippen LogP contribution in [-0.2, 0) is 47.7 Å². The Balaban J connectivity index is -0.000000264. The number of carbonyl (C=O) groups is 6. The summed E-state index contributed by atoms with van der Waals surface area (Å²) >= 11 is 0. The van der Waals surface area contributed by atoms with Crippen LogP contribution in [0, 0.1) is 0 Å². The average molecular weight is 698 g/mol. The van der Waals surface area contributed by atoms with Gasteiger partial charge >= 0.3 is 23.9 Å². The van der Waals surface area contributed by atoms with E-state index in [0.29, 0.717) is 17.6 Å². The molecule has 1 aliphatic heterocycles. The van der Waals surface area contributed by atoms with Gasteiger partial charge in [0.05, 0.1) is 26.1 Å². The van der Waals surface area contributed by atoms with E-state index in [4.69, 9.17) is 20.4 Å². The van der Waals surface area contributed by atoms with Crippen LogP contribution in [0.25, 0.3) is 0 Å². The number of esters is 4. The van der Waals surface area contributed by atoms with Crippen LogP contribution in [0.4, 0.5) is 0 Å². The van der Waals surface area contributed by atoms with Gasteiger partial charge in [0.2, 0.25) is 5.91 Å². The number of aliphatic hydroxyl groups is 4. The first-order valence-corrected chi connectivity index (χ1v) is 14.5. The topological polar surface area (TPSA) is 223 Å². The van der Waals surface area contributed by atoms with Crippen LogP contribution in [-0.4, -0.2) is 114 Å². The molecule has 1 unspecified atom stereocenters. The van der Waals surface area contributed by atoms with E-state index in [1.165, 1.54) is 19.3 Å². The van der Waals surface area contributed by atoms with E-state index >= 15 is 0 Å². The smallest absolute Gasteiger partial charge is 0.333 e. The van der Waals surface area contributed by atoms with Crippen molar-refractivity contribution in [3.05, 3.63) is 86.9 Å². The highest BCUT2D eigenvalue weighted by Gasteiger charge is 2.16. The Morgan fingerprint density at radius 3 is 1.61 bits per heavy atom. The fourth-order valence-electron chi connectivity index (χ4n) is 2.35. The van der Waals surface area contributed by atoms with Crippen LogP contribution in [0.15, 0.2) is 86.9 Å². The molecule has 1 aliphatic rings. The second-order valence-corrected chi connectivity index (χ2v) is 9.19. The first-order valence-electron chi connectivity index (χ1n) is 14.5. The number of nitrogens with zero attached hydrogens (tertiary/aromatic N) is 1. The van der Waals surface area contributed by atoms with E-state index < -0.39 is 36.4 Å². The summed E-state index contributed by atoms with van der Waals surface area (Å²) in [6.07, 6.45) is 6.96. The lowest BCUT2D eigenvalue weighted by Gasteiger charge is -2.05. The summed E-state index contributed by atoms with van der Waals surface area (Å²) in [5.74, 6) is -2.39. The van der Waals surface area contributed by atoms with Crippen molar-refractivity contribution in [3.63, 3.8) is 0 Å². The predicted octanol–water partition coefficient (Wildman–Crippen LogP) is 2.35. The van der Waals surface area contributed by atoms with Crippen LogP contribution in [0.5, 0.6) is 0 Å². The Morgan fingerprint density at radius 2 is 1.35 bits per heavy atom. The zero-order valence-electron chi connectivity index (χ0n) is 28.6. The minimum absolute atomic E-state index is 0.0110. The van der Waals surface area contributed by atoms with Crippen molar-refractivity contribution in [1.29, 1.82) is 0 Å². The molecule has 0 aromatic heterocycles. The minimum Gasteiger partial charge on any atom is -0.513 e. The minimum atomic E-state index is -1.32. The molecule has 1 rings (SSSR count). The molecular weight excluding hydrogens is 646 g/mol. The van der Waals surface area contributed by atoms with Crippen LogP contribution >= 0.6 is 0 Å². The first-order chi connectivity index (χ1) is 23.0. The van der Waals surface area contributed by atoms with Gasteiger partial charge < -0.3 is 44.3 Å². The third-order valence-electron chi connectivity index (χ3n) is 4.78. The van der Waals surface area contributed by atoms with Crippen molar-refractivity contribution < 1.29 is 68.1 Å². The zero-order valence-corrected chi connectivity index (χ0v) is 28.6. The van der Waals surface area contributed by atoms with Crippen LogP contribution in [0.1, 0.15) is 39.5 Å². The third-order valence-corrected chi connectivity index (χ3v) is 4.78. The Hall–Kier alpha value is -5.12. The molecule has 1 atom stereocenters. The van der Waals surface area contributed by atoms with Crippen molar-refractivity contribution in [3.8, 4) is 0 Å². The van der Waals surface area contributed by atoms with Gasteiger partial charge in [0.1, 0.15) is 25.9 Å². The molecule has 0 spiro atoms. The number of methoxy groups -OCH3 is 1. The van der Waals surface area contributed by atoms with Gasteiger partial charge in [-0.3, -0.25) is 9.59 Å². The van der Waals surface area contributed by atoms with E-state index in [1.54, 1.807) is 24.9 Å². The normalized spacial score (nSPS) is 11.4. The number of aliphatic hydroxyl groups excluding tert-OH is 4. The van der Waals surface area contributed by atoms with Crippen molar-refractivity contribution in [1.82, 2.24) is 4.90 Å². The highest BCUT2D eigenvalue weighted by atomic mass is 16.5. The molecule has 0 aromatic carbocycles. The lowest BCUT2D eigenvalue weighted by atomic mass is 10.1. The van der Waals surface area contributed by atoms with E-state index in [-0.39, 0.29) is 56.9 Å². The fourth-order valence-corrected chi connectivity index (χ4v) is 2.35. The number of amides is 1. The monoisotopic (exact) mass is 697 g/mol. The molecule has 0 radical (unpaired) electrons. The molecule has 0 aromatic rings. The number of hydrogen-bond acceptors (Lipinski definition) is 14. The maximum atomic E-state index is 10.8. The maximum Gasteiger partial charge on any atom is 0.333 e. The summed E-state index contributed by atoms with van der Waals surface area (Å²) < 4.78 is 17.9. The predicted molar refractivity (Wildman–Crippen MR) is 181 cm³/mol. The lowest BCUT2D eigenvalue weighted by molar-refractivity contribution is -0.140. The average Bonchev–Trinajstić information content (AvgIpc) is 3.51. The number of Topliss-reactive ketones (excluding diaryl/α,β-unsaturated/α-hetero) is 1. The van der Waals surface area contributed by atoms with Crippen LogP contribution < -0.4 is 0 Å². The first kappa shape index (κ1) is 50.7. The van der Waals surface area contributed by atoms with Gasteiger partial charge in [0.15, 0.2) is 5.78 Å². The van der Waals surface area contributed by atoms with Gasteiger partial charge in [-0.1, -0.05) is 51.6 Å². The Labute approximate surface area is 287 Å². The molecule has 4 N–H and O–H groups in total. The number of allylic oxidation sites excluding steroid dienone is 1. The molecule has 15 nitrogen and oxygen atoms in total. The molecule has 49 heavy (non-hydrogen) atoms. The van der Waals surface area contributed by atoms with E-state index in [2.05, 4.69) is 58.4 Å². The highest BCUT2D eigenvalue weighted by molar-refractivity contribution is 5.91. The number of ketones is 1. The summed E-state index contributed by atoms with van der Waals surface area (Å²) in [4.78, 5) is 65.3. The Bertz CT molecular complexity index is 1110. The largest absolute Gasteiger partial charge is 0.513 e. The van der Waals surface area contributed by atoms with Gasteiger partial charge in [-0.25, -0.2) is 19.2 Å². The fraction of sp³-hybridized carbons (Fsp3) is 0.412. The quantitative estimate of drug-likeness (QED) is 0.0598. The number of likely N-dealkylation sites (tertiary alicyclic amines) is 1. The zero-order chi connectivity index (χ0) is 38.8.